The average molecular weight is 446 g/mol. The van der Waals surface area contributed by atoms with Crippen LogP contribution in [0.1, 0.15) is 11.0 Å². The molecule has 2 aromatic heterocycles. The second-order valence-corrected chi connectivity index (χ2v) is 10.7. The Hall–Kier alpha value is -2.21. The minimum Gasteiger partial charge on any atom is -0.494 e. The molecular weight excluding hydrogens is 429 g/mol. The number of sulfone groups is 1. The van der Waals surface area contributed by atoms with Crippen LogP contribution >= 0.6 is 11.3 Å². The van der Waals surface area contributed by atoms with Gasteiger partial charge in [-0.2, -0.15) is 0 Å². The van der Waals surface area contributed by atoms with Crippen molar-refractivity contribution in [2.24, 2.45) is 0 Å². The first-order valence-electron chi connectivity index (χ1n) is 7.89. The number of ether oxygens (including phenoxy) is 1. The molecule has 1 N–H and O–H groups in total. The summed E-state index contributed by atoms with van der Waals surface area (Å²) >= 11 is 1.02. The maximum absolute atomic E-state index is 13.9. The molecule has 1 aromatic carbocycles. The Bertz CT molecular complexity index is 1140. The Morgan fingerprint density at radius 2 is 1.96 bits per heavy atom. The van der Waals surface area contributed by atoms with Crippen LogP contribution in [0.3, 0.4) is 0 Å². The molecular formula is C17H16FNO6S3. The van der Waals surface area contributed by atoms with Gasteiger partial charge in [-0.25, -0.2) is 25.9 Å². The summed E-state index contributed by atoms with van der Waals surface area (Å²) < 4.78 is 77.0. The van der Waals surface area contributed by atoms with E-state index in [0.717, 1.165) is 17.4 Å². The van der Waals surface area contributed by atoms with Crippen LogP contribution < -0.4 is 9.46 Å². The largest absolute Gasteiger partial charge is 0.494 e. The maximum Gasteiger partial charge on any atom is 0.240 e. The Kier molecular flexibility index (Phi) is 5.89. The molecule has 1 atom stereocenters. The molecule has 0 bridgehead atoms. The Balaban J connectivity index is 1.89. The summed E-state index contributed by atoms with van der Waals surface area (Å²) in [5.74, 6) is -0.858. The summed E-state index contributed by atoms with van der Waals surface area (Å²) in [6, 6.07) is 9.13. The summed E-state index contributed by atoms with van der Waals surface area (Å²) in [5, 5.41) is 0.329. The molecule has 0 saturated heterocycles. The highest BCUT2D eigenvalue weighted by Crippen LogP contribution is 2.32. The van der Waals surface area contributed by atoms with E-state index in [2.05, 4.69) is 4.72 Å². The number of halogens is 1. The molecule has 0 amide bonds. The molecule has 0 spiro atoms. The van der Waals surface area contributed by atoms with Crippen molar-refractivity contribution in [1.29, 1.82) is 0 Å². The highest BCUT2D eigenvalue weighted by molar-refractivity contribution is 7.93. The van der Waals surface area contributed by atoms with Gasteiger partial charge in [0.1, 0.15) is 15.2 Å². The van der Waals surface area contributed by atoms with Crippen LogP contribution in [0.2, 0.25) is 0 Å². The second-order valence-electron chi connectivity index (χ2n) is 5.63. The van der Waals surface area contributed by atoms with Gasteiger partial charge in [0.05, 0.1) is 18.3 Å². The van der Waals surface area contributed by atoms with Gasteiger partial charge in [0.2, 0.25) is 10.0 Å². The van der Waals surface area contributed by atoms with Crippen molar-refractivity contribution in [3.8, 4) is 5.75 Å². The predicted molar refractivity (Wildman–Crippen MR) is 101 cm³/mol. The average Bonchev–Trinajstić information content (AvgIpc) is 3.36. The van der Waals surface area contributed by atoms with Crippen molar-refractivity contribution in [1.82, 2.24) is 4.72 Å². The van der Waals surface area contributed by atoms with Crippen molar-refractivity contribution in [2.75, 3.05) is 13.7 Å². The molecule has 0 aliphatic heterocycles. The van der Waals surface area contributed by atoms with Crippen LogP contribution in [0, 0.1) is 5.82 Å². The summed E-state index contributed by atoms with van der Waals surface area (Å²) in [6.45, 7) is -0.482. The van der Waals surface area contributed by atoms with E-state index in [9.17, 15) is 21.2 Å². The fourth-order valence-corrected chi connectivity index (χ4v) is 6.44. The predicted octanol–water partition coefficient (Wildman–Crippen LogP) is 2.98. The third-order valence-electron chi connectivity index (χ3n) is 3.90. The van der Waals surface area contributed by atoms with Crippen LogP contribution in [-0.2, 0) is 19.9 Å². The van der Waals surface area contributed by atoms with Crippen LogP contribution in [0.4, 0.5) is 4.39 Å². The third-order valence-corrected chi connectivity index (χ3v) is 8.82. The SMILES string of the molecule is COc1ccc(S(=O)(=O)NC[C@@H](c2ccco2)S(=O)(=O)c2cccs2)cc1F. The van der Waals surface area contributed by atoms with Gasteiger partial charge in [0.15, 0.2) is 21.4 Å². The molecule has 3 rings (SSSR count). The van der Waals surface area contributed by atoms with Gasteiger partial charge in [-0.1, -0.05) is 6.07 Å². The Morgan fingerprint density at radius 1 is 1.18 bits per heavy atom. The summed E-state index contributed by atoms with van der Waals surface area (Å²) in [5.41, 5.74) is 0. The second kappa shape index (κ2) is 8.03. The first kappa shape index (κ1) is 20.5. The van der Waals surface area contributed by atoms with Crippen molar-refractivity contribution in [2.45, 2.75) is 14.4 Å². The fourth-order valence-electron chi connectivity index (χ4n) is 2.49. The standard InChI is InChI=1S/C17H16FNO6S3/c1-24-14-7-6-12(10-13(14)18)28(22,23)19-11-16(15-4-2-8-25-15)27(20,21)17-5-3-9-26-17/h2-10,16,19H,11H2,1H3/t16-/m0/s1. The van der Waals surface area contributed by atoms with E-state index in [1.807, 2.05) is 0 Å². The van der Waals surface area contributed by atoms with Gasteiger partial charge < -0.3 is 9.15 Å². The highest BCUT2D eigenvalue weighted by Gasteiger charge is 2.33. The topological polar surface area (TPSA) is 103 Å². The highest BCUT2D eigenvalue weighted by atomic mass is 32.2. The van der Waals surface area contributed by atoms with Crippen LogP contribution in [-0.4, -0.2) is 30.5 Å². The number of sulfonamides is 1. The van der Waals surface area contributed by atoms with Crippen molar-refractivity contribution >= 4 is 31.2 Å². The lowest BCUT2D eigenvalue weighted by atomic mass is 10.3. The normalized spacial score (nSPS) is 13.4. The van der Waals surface area contributed by atoms with Crippen LogP contribution in [0.25, 0.3) is 0 Å². The van der Waals surface area contributed by atoms with Crippen molar-refractivity contribution in [3.05, 3.63) is 65.7 Å². The molecule has 11 heteroatoms. The van der Waals surface area contributed by atoms with Crippen molar-refractivity contribution < 1.29 is 30.4 Å². The molecule has 0 fully saturated rings. The van der Waals surface area contributed by atoms with E-state index < -0.39 is 37.5 Å². The molecule has 0 saturated carbocycles. The number of benzene rings is 1. The lowest BCUT2D eigenvalue weighted by Gasteiger charge is -2.16. The van der Waals surface area contributed by atoms with E-state index in [0.29, 0.717) is 0 Å². The molecule has 2 heterocycles. The summed E-state index contributed by atoms with van der Waals surface area (Å²) in [4.78, 5) is -0.350. The Labute approximate surface area is 165 Å². The van der Waals surface area contributed by atoms with E-state index in [-0.39, 0.29) is 20.6 Å². The molecule has 0 unspecified atom stereocenters. The Morgan fingerprint density at radius 3 is 2.54 bits per heavy atom. The molecule has 28 heavy (non-hydrogen) atoms. The fraction of sp³-hybridized carbons (Fsp3) is 0.176. The molecule has 0 aliphatic rings. The molecule has 3 aromatic rings. The molecule has 150 valence electrons. The zero-order valence-electron chi connectivity index (χ0n) is 14.5. The van der Waals surface area contributed by atoms with Gasteiger partial charge in [0, 0.05) is 6.54 Å². The minimum absolute atomic E-state index is 0.0867. The summed E-state index contributed by atoms with van der Waals surface area (Å²) in [7, 11) is -6.81. The lowest BCUT2D eigenvalue weighted by molar-refractivity contribution is 0.385. The maximum atomic E-state index is 13.9. The monoisotopic (exact) mass is 445 g/mol. The van der Waals surface area contributed by atoms with Gasteiger partial charge in [0.25, 0.3) is 0 Å². The number of rotatable bonds is 8. The number of hydrogen-bond acceptors (Lipinski definition) is 7. The van der Waals surface area contributed by atoms with Crippen LogP contribution in [0.15, 0.2) is 67.6 Å². The minimum atomic E-state index is -4.17. The van der Waals surface area contributed by atoms with Gasteiger partial charge in [-0.05, 0) is 41.8 Å². The van der Waals surface area contributed by atoms with Crippen LogP contribution in [0.5, 0.6) is 5.75 Å². The molecule has 0 aliphatic carbocycles. The lowest BCUT2D eigenvalue weighted by Crippen LogP contribution is -2.31. The van der Waals surface area contributed by atoms with E-state index in [1.54, 1.807) is 11.4 Å². The molecule has 7 nitrogen and oxygen atoms in total. The number of hydrogen-bond donors (Lipinski definition) is 1. The number of thiophene rings is 1. The van der Waals surface area contributed by atoms with Gasteiger partial charge >= 0.3 is 0 Å². The number of furan rings is 1. The van der Waals surface area contributed by atoms with E-state index >= 15 is 0 Å². The number of methoxy groups -OCH3 is 1. The molecule has 0 radical (unpaired) electrons. The van der Waals surface area contributed by atoms with Crippen molar-refractivity contribution in [3.63, 3.8) is 0 Å². The third kappa shape index (κ3) is 4.12. The smallest absolute Gasteiger partial charge is 0.240 e. The zero-order valence-corrected chi connectivity index (χ0v) is 17.0. The zero-order chi connectivity index (χ0) is 20.4. The summed E-state index contributed by atoms with van der Waals surface area (Å²) in [6.07, 6.45) is 1.31. The van der Waals surface area contributed by atoms with Gasteiger partial charge in [-0.15, -0.1) is 11.3 Å². The first-order valence-corrected chi connectivity index (χ1v) is 11.8. The quantitative estimate of drug-likeness (QED) is 0.572. The first-order chi connectivity index (χ1) is 13.3. The van der Waals surface area contributed by atoms with Gasteiger partial charge in [-0.3, -0.25) is 0 Å². The number of nitrogens with one attached hydrogen (secondary N) is 1. The van der Waals surface area contributed by atoms with E-state index in [1.165, 1.54) is 43.7 Å². The van der Waals surface area contributed by atoms with E-state index in [4.69, 9.17) is 9.15 Å².